The van der Waals surface area contributed by atoms with Crippen LogP contribution < -0.4 is 4.74 Å². The fourth-order valence-corrected chi connectivity index (χ4v) is 5.56. The summed E-state index contributed by atoms with van der Waals surface area (Å²) in [6, 6.07) is 0.192. The number of fused-ring (bicyclic) bond motifs is 3. The molecule has 0 radical (unpaired) electrons. The number of nitrogens with zero attached hydrogens (tertiary/aromatic N) is 1. The minimum atomic E-state index is -2.63. The van der Waals surface area contributed by atoms with Crippen molar-refractivity contribution >= 4 is 17.3 Å². The molecule has 5 N–H and O–H groups in total. The maximum Gasteiger partial charge on any atom is 0.209 e. The van der Waals surface area contributed by atoms with Crippen LogP contribution in [0, 0.1) is 11.8 Å². The van der Waals surface area contributed by atoms with Crippen LogP contribution in [-0.2, 0) is 16.0 Å². The lowest BCUT2D eigenvalue weighted by atomic mass is 9.58. The first-order chi connectivity index (χ1) is 15.4. The number of aliphatic hydroxyl groups is 3. The summed E-state index contributed by atoms with van der Waals surface area (Å²) < 4.78 is 5.27. The molecule has 33 heavy (non-hydrogen) atoms. The highest BCUT2D eigenvalue weighted by molar-refractivity contribution is 6.25. The minimum Gasteiger partial charge on any atom is -0.510 e. The second-order valence-electron chi connectivity index (χ2n) is 8.96. The lowest BCUT2D eigenvalue weighted by Crippen LogP contribution is -2.63. The quantitative estimate of drug-likeness (QED) is 0.324. The molecule has 10 nitrogen and oxygen atoms in total. The zero-order valence-corrected chi connectivity index (χ0v) is 18.5. The van der Waals surface area contributed by atoms with E-state index in [9.17, 15) is 39.9 Å². The van der Waals surface area contributed by atoms with Gasteiger partial charge in [-0.05, 0) is 39.8 Å². The highest BCUT2D eigenvalue weighted by Crippen LogP contribution is 2.54. The van der Waals surface area contributed by atoms with Crippen molar-refractivity contribution in [2.24, 2.45) is 11.8 Å². The molecule has 0 bridgehead atoms. The lowest BCUT2D eigenvalue weighted by Gasteiger charge is -2.50. The summed E-state index contributed by atoms with van der Waals surface area (Å²) in [7, 11) is 4.53. The van der Waals surface area contributed by atoms with Crippen LogP contribution in [-0.4, -0.2) is 80.6 Å². The SMILES string of the molecule is COc1cc(O)c(O)c2c1C[C@H]1C[C@H]3[C@H](N(C)C)C(O)=C(C(C)=O)C(=O)[C@@]3(O)C(O)=C1C2=O. The third-order valence-corrected chi connectivity index (χ3v) is 6.99. The molecule has 3 aliphatic carbocycles. The van der Waals surface area contributed by atoms with E-state index in [2.05, 4.69) is 0 Å². The third-order valence-electron chi connectivity index (χ3n) is 6.99. The van der Waals surface area contributed by atoms with Gasteiger partial charge in [-0.15, -0.1) is 0 Å². The first-order valence-corrected chi connectivity index (χ1v) is 10.4. The van der Waals surface area contributed by atoms with Crippen LogP contribution in [0.5, 0.6) is 17.2 Å². The van der Waals surface area contributed by atoms with Crippen LogP contribution in [0.4, 0.5) is 0 Å². The molecule has 0 aromatic heterocycles. The fourth-order valence-electron chi connectivity index (χ4n) is 5.56. The first kappa shape index (κ1) is 22.8. The van der Waals surface area contributed by atoms with E-state index >= 15 is 0 Å². The van der Waals surface area contributed by atoms with Crippen molar-refractivity contribution in [3.63, 3.8) is 0 Å². The summed E-state index contributed by atoms with van der Waals surface area (Å²) in [5.41, 5.74) is -3.51. The predicted octanol–water partition coefficient (Wildman–Crippen LogP) is 0.938. The van der Waals surface area contributed by atoms with Gasteiger partial charge in [0.15, 0.2) is 28.7 Å². The van der Waals surface area contributed by atoms with Gasteiger partial charge in [0, 0.05) is 23.1 Å². The van der Waals surface area contributed by atoms with Crippen LogP contribution in [0.1, 0.15) is 29.3 Å². The molecule has 0 saturated carbocycles. The average Bonchev–Trinajstić information content (AvgIpc) is 2.72. The van der Waals surface area contributed by atoms with Gasteiger partial charge >= 0.3 is 0 Å². The number of aliphatic hydroxyl groups excluding tert-OH is 2. The van der Waals surface area contributed by atoms with Crippen molar-refractivity contribution in [1.82, 2.24) is 4.90 Å². The van der Waals surface area contributed by atoms with E-state index in [0.717, 1.165) is 6.92 Å². The molecular formula is C23H25NO9. The summed E-state index contributed by atoms with van der Waals surface area (Å²) in [5, 5.41) is 53.9. The Kier molecular flexibility index (Phi) is 5.06. The molecule has 0 aliphatic heterocycles. The van der Waals surface area contributed by atoms with E-state index in [1.54, 1.807) is 14.1 Å². The van der Waals surface area contributed by atoms with Crippen LogP contribution in [0.15, 0.2) is 28.7 Å². The predicted molar refractivity (Wildman–Crippen MR) is 113 cm³/mol. The van der Waals surface area contributed by atoms with Gasteiger partial charge in [0.05, 0.1) is 18.7 Å². The number of phenolic OH excluding ortho intramolecular Hbond substituents is 2. The third kappa shape index (κ3) is 2.83. The smallest absolute Gasteiger partial charge is 0.209 e. The van der Waals surface area contributed by atoms with Crippen molar-refractivity contribution in [1.29, 1.82) is 0 Å². The molecule has 10 heteroatoms. The second kappa shape index (κ2) is 7.32. The Morgan fingerprint density at radius 1 is 1.18 bits per heavy atom. The largest absolute Gasteiger partial charge is 0.510 e. The Hall–Kier alpha value is -3.37. The lowest BCUT2D eigenvalue weighted by molar-refractivity contribution is -0.148. The Morgan fingerprint density at radius 2 is 1.82 bits per heavy atom. The van der Waals surface area contributed by atoms with Gasteiger partial charge in [-0.3, -0.25) is 19.3 Å². The summed E-state index contributed by atoms with van der Waals surface area (Å²) in [5.74, 6) is -7.13. The second-order valence-corrected chi connectivity index (χ2v) is 8.96. The maximum absolute atomic E-state index is 13.4. The summed E-state index contributed by atoms with van der Waals surface area (Å²) in [6.45, 7) is 1.06. The minimum absolute atomic E-state index is 0.00962. The Balaban J connectivity index is 1.99. The number of benzene rings is 1. The van der Waals surface area contributed by atoms with Gasteiger partial charge in [0.25, 0.3) is 0 Å². The van der Waals surface area contributed by atoms with Gasteiger partial charge in [-0.1, -0.05) is 0 Å². The van der Waals surface area contributed by atoms with E-state index in [-0.39, 0.29) is 29.7 Å². The number of Topliss-reactive ketones (excluding diaryl/α,β-unsaturated/α-hetero) is 3. The zero-order chi connectivity index (χ0) is 24.6. The van der Waals surface area contributed by atoms with Crippen molar-refractivity contribution in [2.45, 2.75) is 31.4 Å². The van der Waals surface area contributed by atoms with E-state index in [1.807, 2.05) is 0 Å². The summed E-state index contributed by atoms with van der Waals surface area (Å²) in [6.07, 6.45) is 0.109. The van der Waals surface area contributed by atoms with Crippen molar-refractivity contribution in [2.75, 3.05) is 21.2 Å². The van der Waals surface area contributed by atoms with Crippen LogP contribution in [0.2, 0.25) is 0 Å². The van der Waals surface area contributed by atoms with Gasteiger partial charge in [-0.2, -0.15) is 0 Å². The van der Waals surface area contributed by atoms with E-state index in [4.69, 9.17) is 4.74 Å². The molecule has 4 atom stereocenters. The van der Waals surface area contributed by atoms with Gasteiger partial charge in [-0.25, -0.2) is 0 Å². The number of hydrogen-bond donors (Lipinski definition) is 5. The Labute approximate surface area is 189 Å². The zero-order valence-electron chi connectivity index (χ0n) is 18.5. The number of methoxy groups -OCH3 is 1. The Bertz CT molecular complexity index is 1180. The van der Waals surface area contributed by atoms with E-state index in [1.165, 1.54) is 18.1 Å². The first-order valence-electron chi connectivity index (χ1n) is 10.4. The van der Waals surface area contributed by atoms with Gasteiger partial charge in [0.2, 0.25) is 5.78 Å². The monoisotopic (exact) mass is 459 g/mol. The molecule has 0 saturated heterocycles. The van der Waals surface area contributed by atoms with Crippen LogP contribution >= 0.6 is 0 Å². The number of ether oxygens (including phenoxy) is 1. The molecule has 176 valence electrons. The van der Waals surface area contributed by atoms with Crippen LogP contribution in [0.3, 0.4) is 0 Å². The van der Waals surface area contributed by atoms with Gasteiger partial charge in [0.1, 0.15) is 22.8 Å². The number of carbonyl (C=O) groups is 3. The van der Waals surface area contributed by atoms with E-state index in [0.29, 0.717) is 5.56 Å². The normalized spacial score (nSPS) is 29.1. The number of allylic oxidation sites excluding steroid dienone is 1. The van der Waals surface area contributed by atoms with Gasteiger partial charge < -0.3 is 30.3 Å². The summed E-state index contributed by atoms with van der Waals surface area (Å²) >= 11 is 0. The molecule has 3 aliphatic rings. The molecule has 4 rings (SSSR count). The highest BCUT2D eigenvalue weighted by Gasteiger charge is 2.63. The Morgan fingerprint density at radius 3 is 2.36 bits per heavy atom. The number of rotatable bonds is 3. The molecule has 1 aromatic rings. The molecule has 1 aromatic carbocycles. The number of phenols is 2. The maximum atomic E-state index is 13.4. The van der Waals surface area contributed by atoms with Crippen molar-refractivity contribution in [3.05, 3.63) is 39.9 Å². The molecule has 0 fully saturated rings. The number of likely N-dealkylation sites (N-methyl/N-ethyl adjacent to an activating group) is 1. The highest BCUT2D eigenvalue weighted by atomic mass is 16.5. The molecule has 0 unspecified atom stereocenters. The number of hydrogen-bond acceptors (Lipinski definition) is 10. The molecular weight excluding hydrogens is 434 g/mol. The number of carbonyl (C=O) groups excluding carboxylic acids is 3. The van der Waals surface area contributed by atoms with Crippen LogP contribution in [0.25, 0.3) is 0 Å². The molecule has 0 spiro atoms. The van der Waals surface area contributed by atoms with Crippen molar-refractivity contribution in [3.8, 4) is 17.2 Å². The average molecular weight is 459 g/mol. The fraction of sp³-hybridized carbons (Fsp3) is 0.435. The van der Waals surface area contributed by atoms with E-state index < -0.39 is 69.4 Å². The number of ketones is 3. The molecule has 0 amide bonds. The number of aromatic hydroxyl groups is 2. The topological polar surface area (TPSA) is 165 Å². The summed E-state index contributed by atoms with van der Waals surface area (Å²) in [4.78, 5) is 40.3. The molecule has 0 heterocycles. The van der Waals surface area contributed by atoms with Crippen molar-refractivity contribution < 1.29 is 44.7 Å². The standard InChI is InChI=1S/C23H25NO9/c1-8(25)14-20(29)17(24(2)3)11-6-9-5-10-13(33-4)7-12(26)18(27)16(10)19(28)15(9)22(31)23(11,32)21(14)30/h7,9,11,17,26-27,29,31-32H,5-6H2,1-4H3/t9-,11-,17-,23+/m0/s1.